The molecule has 0 aromatic heterocycles. The van der Waals surface area contributed by atoms with Gasteiger partial charge < -0.3 is 0 Å². The number of nitrogens with zero attached hydrogens (tertiary/aromatic N) is 2. The Balaban J connectivity index is 2.08. The number of rotatable bonds is 6. The molecule has 26 heavy (non-hydrogen) atoms. The van der Waals surface area contributed by atoms with Crippen molar-refractivity contribution >= 4 is 22.9 Å². The monoisotopic (exact) mass is 350 g/mol. The molecule has 0 heterocycles. The van der Waals surface area contributed by atoms with Crippen LogP contribution in [0.1, 0.15) is 10.4 Å². The fraction of sp³-hybridized carbons (Fsp3) is 0.0476. The summed E-state index contributed by atoms with van der Waals surface area (Å²) in [6.45, 7) is 0. The number of carbonyl (C=O) groups excluding carboxylic acids is 1. The fourth-order valence-corrected chi connectivity index (χ4v) is 2.44. The van der Waals surface area contributed by atoms with E-state index < -0.39 is 17.9 Å². The van der Waals surface area contributed by atoms with Crippen LogP contribution in [-0.4, -0.2) is 17.9 Å². The predicted molar refractivity (Wildman–Crippen MR) is 99.2 cm³/mol. The molecule has 0 radical (unpaired) electrons. The van der Waals surface area contributed by atoms with E-state index in [0.717, 1.165) is 0 Å². The normalized spacial score (nSPS) is 11.4. The lowest BCUT2D eigenvalue weighted by atomic mass is 10.1. The summed E-state index contributed by atoms with van der Waals surface area (Å²) in [5.41, 5.74) is 0.534. The van der Waals surface area contributed by atoms with E-state index in [9.17, 15) is 13.6 Å². The summed E-state index contributed by atoms with van der Waals surface area (Å²) in [6, 6.07) is 25.7. The Kier molecular flexibility index (Phi) is 5.49. The van der Waals surface area contributed by atoms with Gasteiger partial charge in [-0.15, -0.1) is 0 Å². The van der Waals surface area contributed by atoms with E-state index in [0.29, 0.717) is 11.4 Å². The highest BCUT2D eigenvalue weighted by molar-refractivity contribution is 6.47. The van der Waals surface area contributed by atoms with Gasteiger partial charge in [0, 0.05) is 5.56 Å². The molecule has 0 atom stereocenters. The molecule has 0 saturated heterocycles. The molecular formula is C21H16F2N2O. The quantitative estimate of drug-likeness (QED) is 0.342. The second-order valence-corrected chi connectivity index (χ2v) is 5.46. The van der Waals surface area contributed by atoms with E-state index in [1.807, 2.05) is 12.1 Å². The number of hydrogen-bond donors (Lipinski definition) is 0. The summed E-state index contributed by atoms with van der Waals surface area (Å²) >= 11 is 0. The Morgan fingerprint density at radius 3 is 1.58 bits per heavy atom. The van der Waals surface area contributed by atoms with Crippen molar-refractivity contribution in [2.45, 2.75) is 6.43 Å². The third-order valence-corrected chi connectivity index (χ3v) is 3.68. The van der Waals surface area contributed by atoms with Gasteiger partial charge >= 0.3 is 0 Å². The second-order valence-electron chi connectivity index (χ2n) is 5.46. The zero-order valence-electron chi connectivity index (χ0n) is 13.8. The van der Waals surface area contributed by atoms with Crippen LogP contribution in [0.4, 0.5) is 20.2 Å². The molecule has 3 nitrogen and oxygen atoms in total. The summed E-state index contributed by atoms with van der Waals surface area (Å²) in [7, 11) is 0. The number of ketones is 1. The van der Waals surface area contributed by atoms with Crippen LogP contribution in [-0.2, 0) is 0 Å². The summed E-state index contributed by atoms with van der Waals surface area (Å²) in [6.07, 6.45) is -3.00. The fourth-order valence-electron chi connectivity index (χ4n) is 2.44. The van der Waals surface area contributed by atoms with Crippen molar-refractivity contribution < 1.29 is 13.6 Å². The number of anilines is 2. The SMILES string of the molecule is O=C(C(=NN(c1ccccc1)c1ccccc1)C(F)F)c1ccccc1. The van der Waals surface area contributed by atoms with Crippen molar-refractivity contribution in [1.29, 1.82) is 0 Å². The molecule has 0 aliphatic rings. The number of para-hydroxylation sites is 2. The topological polar surface area (TPSA) is 32.7 Å². The number of Topliss-reactive ketones (excluding diaryl/α,β-unsaturated/α-hetero) is 1. The Labute approximate surface area is 150 Å². The predicted octanol–water partition coefficient (Wildman–Crippen LogP) is 5.33. The van der Waals surface area contributed by atoms with Crippen molar-refractivity contribution in [2.24, 2.45) is 5.10 Å². The standard InChI is InChI=1S/C21H16F2N2O/c22-21(23)19(20(26)16-10-4-1-5-11-16)24-25(17-12-6-2-7-13-17)18-14-8-3-9-15-18/h1-15,21H. The molecule has 0 saturated carbocycles. The smallest absolute Gasteiger partial charge is 0.286 e. The Bertz CT molecular complexity index is 842. The van der Waals surface area contributed by atoms with Crippen LogP contribution >= 0.6 is 0 Å². The first kappa shape index (κ1) is 17.5. The molecular weight excluding hydrogens is 334 g/mol. The van der Waals surface area contributed by atoms with Crippen molar-refractivity contribution in [1.82, 2.24) is 0 Å². The highest BCUT2D eigenvalue weighted by Gasteiger charge is 2.25. The van der Waals surface area contributed by atoms with Crippen LogP contribution in [0.25, 0.3) is 0 Å². The highest BCUT2D eigenvalue weighted by atomic mass is 19.3. The van der Waals surface area contributed by atoms with E-state index in [1.54, 1.807) is 66.7 Å². The lowest BCUT2D eigenvalue weighted by molar-refractivity contribution is 0.104. The molecule has 3 rings (SSSR count). The zero-order valence-corrected chi connectivity index (χ0v) is 13.8. The van der Waals surface area contributed by atoms with Crippen molar-refractivity contribution in [3.05, 3.63) is 96.6 Å². The van der Waals surface area contributed by atoms with Gasteiger partial charge in [0.25, 0.3) is 6.43 Å². The van der Waals surface area contributed by atoms with E-state index in [2.05, 4.69) is 5.10 Å². The summed E-state index contributed by atoms with van der Waals surface area (Å²) in [5, 5.41) is 5.39. The summed E-state index contributed by atoms with van der Waals surface area (Å²) < 4.78 is 27.3. The van der Waals surface area contributed by atoms with Crippen molar-refractivity contribution in [3.8, 4) is 0 Å². The molecule has 0 spiro atoms. The van der Waals surface area contributed by atoms with E-state index >= 15 is 0 Å². The molecule has 130 valence electrons. The molecule has 0 aliphatic carbocycles. The largest absolute Gasteiger partial charge is 0.287 e. The average molecular weight is 350 g/mol. The van der Waals surface area contributed by atoms with Crippen molar-refractivity contribution in [3.63, 3.8) is 0 Å². The summed E-state index contributed by atoms with van der Waals surface area (Å²) in [4.78, 5) is 12.5. The third kappa shape index (κ3) is 4.00. The minimum absolute atomic E-state index is 0.174. The highest BCUT2D eigenvalue weighted by Crippen LogP contribution is 2.26. The van der Waals surface area contributed by atoms with Crippen LogP contribution in [0.15, 0.2) is 96.1 Å². The minimum Gasteiger partial charge on any atom is -0.287 e. The molecule has 0 fully saturated rings. The third-order valence-electron chi connectivity index (χ3n) is 3.68. The maximum atomic E-state index is 13.6. The number of hydrogen-bond acceptors (Lipinski definition) is 3. The van der Waals surface area contributed by atoms with Gasteiger partial charge in [-0.2, -0.15) is 5.10 Å². The molecule has 0 N–H and O–H groups in total. The van der Waals surface area contributed by atoms with Crippen LogP contribution in [0.5, 0.6) is 0 Å². The first-order valence-electron chi connectivity index (χ1n) is 8.03. The van der Waals surface area contributed by atoms with Gasteiger partial charge in [-0.1, -0.05) is 66.7 Å². The number of benzene rings is 3. The Morgan fingerprint density at radius 2 is 1.15 bits per heavy atom. The molecule has 0 amide bonds. The van der Waals surface area contributed by atoms with Gasteiger partial charge in [0.05, 0.1) is 11.4 Å². The van der Waals surface area contributed by atoms with E-state index in [1.165, 1.54) is 17.1 Å². The zero-order chi connectivity index (χ0) is 18.4. The van der Waals surface area contributed by atoms with Gasteiger partial charge in [0.2, 0.25) is 5.78 Å². The van der Waals surface area contributed by atoms with Crippen molar-refractivity contribution in [2.75, 3.05) is 5.01 Å². The number of halogens is 2. The number of carbonyl (C=O) groups is 1. The Morgan fingerprint density at radius 1 is 0.731 bits per heavy atom. The van der Waals surface area contributed by atoms with Gasteiger partial charge in [-0.05, 0) is 24.3 Å². The molecule has 0 aliphatic heterocycles. The van der Waals surface area contributed by atoms with Crippen LogP contribution in [0.3, 0.4) is 0 Å². The Hall–Kier alpha value is -3.34. The number of hydrazone groups is 1. The number of alkyl halides is 2. The van der Waals surface area contributed by atoms with Crippen LogP contribution in [0.2, 0.25) is 0 Å². The maximum absolute atomic E-state index is 13.6. The molecule has 0 bridgehead atoms. The van der Waals surface area contributed by atoms with Crippen LogP contribution < -0.4 is 5.01 Å². The van der Waals surface area contributed by atoms with Gasteiger partial charge in [-0.3, -0.25) is 4.79 Å². The molecule has 5 heteroatoms. The summed E-state index contributed by atoms with van der Waals surface area (Å²) in [5.74, 6) is -0.794. The maximum Gasteiger partial charge on any atom is 0.286 e. The lowest BCUT2D eigenvalue weighted by Gasteiger charge is -2.20. The molecule has 3 aromatic rings. The minimum atomic E-state index is -3.00. The molecule has 3 aromatic carbocycles. The average Bonchev–Trinajstić information content (AvgIpc) is 2.70. The first-order chi connectivity index (χ1) is 12.7. The van der Waals surface area contributed by atoms with Gasteiger partial charge in [-0.25, -0.2) is 13.8 Å². The first-order valence-corrected chi connectivity index (χ1v) is 8.03. The van der Waals surface area contributed by atoms with E-state index in [4.69, 9.17) is 0 Å². The van der Waals surface area contributed by atoms with Crippen LogP contribution in [0, 0.1) is 0 Å². The molecule has 0 unspecified atom stereocenters. The van der Waals surface area contributed by atoms with Gasteiger partial charge in [0.1, 0.15) is 0 Å². The van der Waals surface area contributed by atoms with Gasteiger partial charge in [0.15, 0.2) is 5.71 Å². The second kappa shape index (κ2) is 8.16. The van der Waals surface area contributed by atoms with E-state index in [-0.39, 0.29) is 5.56 Å². The lowest BCUT2D eigenvalue weighted by Crippen LogP contribution is -2.26.